The van der Waals surface area contributed by atoms with Crippen molar-refractivity contribution in [2.75, 3.05) is 0 Å². The first-order valence-electron chi connectivity index (χ1n) is 6.01. The Labute approximate surface area is 96.0 Å². The molecule has 0 unspecified atom stereocenters. The summed E-state index contributed by atoms with van der Waals surface area (Å²) in [4.78, 5) is 21.6. The van der Waals surface area contributed by atoms with Crippen LogP contribution in [0.4, 0.5) is 0 Å². The first-order valence-corrected chi connectivity index (χ1v) is 6.01. The molecule has 0 saturated heterocycles. The van der Waals surface area contributed by atoms with Crippen molar-refractivity contribution in [3.8, 4) is 0 Å². The molecule has 1 fully saturated rings. The Morgan fingerprint density at radius 3 is 2.44 bits per heavy atom. The highest BCUT2D eigenvalue weighted by Gasteiger charge is 2.45. The molecule has 0 atom stereocenters. The average molecular weight is 228 g/mol. The van der Waals surface area contributed by atoms with Crippen molar-refractivity contribution in [1.29, 1.82) is 0 Å². The van der Waals surface area contributed by atoms with Crippen LogP contribution in [-0.2, 0) is 14.3 Å². The summed E-state index contributed by atoms with van der Waals surface area (Å²) >= 11 is 0. The molecule has 0 radical (unpaired) electrons. The van der Waals surface area contributed by atoms with E-state index < -0.39 is 5.97 Å². The van der Waals surface area contributed by atoms with E-state index in [4.69, 9.17) is 9.84 Å². The molecule has 0 aromatic rings. The lowest BCUT2D eigenvalue weighted by molar-refractivity contribution is -0.154. The van der Waals surface area contributed by atoms with E-state index in [0.29, 0.717) is 0 Å². The number of hydrogen-bond donors (Lipinski definition) is 1. The zero-order valence-corrected chi connectivity index (χ0v) is 9.83. The fourth-order valence-corrected chi connectivity index (χ4v) is 1.74. The fourth-order valence-electron chi connectivity index (χ4n) is 1.74. The maximum absolute atomic E-state index is 11.4. The number of ether oxygens (including phenoxy) is 1. The van der Waals surface area contributed by atoms with Crippen molar-refractivity contribution < 1.29 is 19.4 Å². The van der Waals surface area contributed by atoms with Crippen LogP contribution >= 0.6 is 0 Å². The zero-order valence-electron chi connectivity index (χ0n) is 9.83. The van der Waals surface area contributed by atoms with Crippen molar-refractivity contribution in [2.45, 2.75) is 63.9 Å². The SMILES string of the molecule is CCCCCC1(OC(=O)CCC(=O)O)CC1. The molecule has 1 aliphatic rings. The molecule has 0 aromatic carbocycles. The lowest BCUT2D eigenvalue weighted by Gasteiger charge is -2.16. The minimum absolute atomic E-state index is 0.00907. The third-order valence-corrected chi connectivity index (χ3v) is 2.92. The quantitative estimate of drug-likeness (QED) is 0.512. The summed E-state index contributed by atoms with van der Waals surface area (Å²) in [5.74, 6) is -1.32. The molecule has 4 heteroatoms. The van der Waals surface area contributed by atoms with Crippen molar-refractivity contribution in [1.82, 2.24) is 0 Å². The minimum atomic E-state index is -0.951. The van der Waals surface area contributed by atoms with Gasteiger partial charge in [0.15, 0.2) is 0 Å². The van der Waals surface area contributed by atoms with Gasteiger partial charge < -0.3 is 9.84 Å². The minimum Gasteiger partial charge on any atom is -0.481 e. The van der Waals surface area contributed by atoms with Crippen molar-refractivity contribution in [3.63, 3.8) is 0 Å². The van der Waals surface area contributed by atoms with E-state index in [1.165, 1.54) is 0 Å². The van der Waals surface area contributed by atoms with Crippen LogP contribution in [0.3, 0.4) is 0 Å². The van der Waals surface area contributed by atoms with Gasteiger partial charge >= 0.3 is 11.9 Å². The summed E-state index contributed by atoms with van der Waals surface area (Å²) in [5.41, 5.74) is -0.231. The number of aliphatic carboxylic acids is 1. The number of carbonyl (C=O) groups is 2. The van der Waals surface area contributed by atoms with Gasteiger partial charge in [-0.15, -0.1) is 0 Å². The normalized spacial score (nSPS) is 16.8. The molecule has 92 valence electrons. The summed E-state index contributed by atoms with van der Waals surface area (Å²) in [6.07, 6.45) is 6.07. The number of unbranched alkanes of at least 4 members (excludes halogenated alkanes) is 2. The van der Waals surface area contributed by atoms with Crippen LogP contribution in [0.2, 0.25) is 0 Å². The van der Waals surface area contributed by atoms with Crippen LogP contribution in [-0.4, -0.2) is 22.6 Å². The van der Waals surface area contributed by atoms with E-state index in [-0.39, 0.29) is 24.4 Å². The second-order valence-corrected chi connectivity index (χ2v) is 4.51. The van der Waals surface area contributed by atoms with E-state index in [1.807, 2.05) is 0 Å². The highest BCUT2D eigenvalue weighted by atomic mass is 16.6. The molecule has 1 N–H and O–H groups in total. The fraction of sp³-hybridized carbons (Fsp3) is 0.833. The van der Waals surface area contributed by atoms with Gasteiger partial charge in [-0.2, -0.15) is 0 Å². The van der Waals surface area contributed by atoms with Crippen LogP contribution in [0.5, 0.6) is 0 Å². The van der Waals surface area contributed by atoms with Gasteiger partial charge in [0.25, 0.3) is 0 Å². The Morgan fingerprint density at radius 2 is 1.94 bits per heavy atom. The number of hydrogen-bond acceptors (Lipinski definition) is 3. The van der Waals surface area contributed by atoms with Gasteiger partial charge in [0.1, 0.15) is 5.60 Å². The van der Waals surface area contributed by atoms with Gasteiger partial charge in [0.2, 0.25) is 0 Å². The average Bonchev–Trinajstić information content (AvgIpc) is 2.96. The number of carboxylic acids is 1. The second kappa shape index (κ2) is 5.87. The number of carboxylic acid groups (broad SMARTS) is 1. The standard InChI is InChI=1S/C12H20O4/c1-2-3-4-7-12(8-9-12)16-11(15)6-5-10(13)14/h2-9H2,1H3,(H,13,14). The molecule has 1 aliphatic carbocycles. The smallest absolute Gasteiger partial charge is 0.306 e. The molecule has 16 heavy (non-hydrogen) atoms. The van der Waals surface area contributed by atoms with E-state index in [2.05, 4.69) is 6.92 Å². The Balaban J connectivity index is 2.19. The lowest BCUT2D eigenvalue weighted by Crippen LogP contribution is -2.20. The van der Waals surface area contributed by atoms with Crippen molar-refractivity contribution in [2.24, 2.45) is 0 Å². The van der Waals surface area contributed by atoms with Crippen LogP contribution < -0.4 is 0 Å². The summed E-state index contributed by atoms with van der Waals surface area (Å²) in [6, 6.07) is 0. The largest absolute Gasteiger partial charge is 0.481 e. The third kappa shape index (κ3) is 4.64. The summed E-state index contributed by atoms with van der Waals surface area (Å²) in [7, 11) is 0. The Kier molecular flexibility index (Phi) is 4.77. The number of esters is 1. The van der Waals surface area contributed by atoms with Gasteiger partial charge in [-0.1, -0.05) is 19.8 Å². The first kappa shape index (κ1) is 13.0. The molecule has 4 nitrogen and oxygen atoms in total. The second-order valence-electron chi connectivity index (χ2n) is 4.51. The number of rotatable bonds is 8. The Bertz CT molecular complexity index is 256. The number of carbonyl (C=O) groups excluding carboxylic acids is 1. The van der Waals surface area contributed by atoms with E-state index in [1.54, 1.807) is 0 Å². The molecule has 1 rings (SSSR count). The Hall–Kier alpha value is -1.06. The maximum atomic E-state index is 11.4. The molecular formula is C12H20O4. The van der Waals surface area contributed by atoms with Crippen LogP contribution in [0.25, 0.3) is 0 Å². The van der Waals surface area contributed by atoms with E-state index >= 15 is 0 Å². The lowest BCUT2D eigenvalue weighted by atomic mass is 10.1. The summed E-state index contributed by atoms with van der Waals surface area (Å²) in [5, 5.41) is 8.44. The molecular weight excluding hydrogens is 208 g/mol. The van der Waals surface area contributed by atoms with Crippen LogP contribution in [0.1, 0.15) is 58.3 Å². The molecule has 0 heterocycles. The van der Waals surface area contributed by atoms with E-state index in [0.717, 1.165) is 38.5 Å². The molecule has 0 amide bonds. The van der Waals surface area contributed by atoms with Gasteiger partial charge in [0, 0.05) is 0 Å². The maximum Gasteiger partial charge on any atom is 0.306 e. The van der Waals surface area contributed by atoms with Crippen molar-refractivity contribution >= 4 is 11.9 Å². The Morgan fingerprint density at radius 1 is 1.25 bits per heavy atom. The van der Waals surface area contributed by atoms with Crippen LogP contribution in [0.15, 0.2) is 0 Å². The molecule has 0 spiro atoms. The third-order valence-electron chi connectivity index (χ3n) is 2.92. The predicted molar refractivity (Wildman–Crippen MR) is 59.1 cm³/mol. The van der Waals surface area contributed by atoms with E-state index in [9.17, 15) is 9.59 Å². The van der Waals surface area contributed by atoms with Gasteiger partial charge in [-0.25, -0.2) is 0 Å². The van der Waals surface area contributed by atoms with Gasteiger partial charge in [-0.3, -0.25) is 9.59 Å². The monoisotopic (exact) mass is 228 g/mol. The van der Waals surface area contributed by atoms with Gasteiger partial charge in [0.05, 0.1) is 12.8 Å². The van der Waals surface area contributed by atoms with Crippen molar-refractivity contribution in [3.05, 3.63) is 0 Å². The molecule has 0 aliphatic heterocycles. The van der Waals surface area contributed by atoms with Gasteiger partial charge in [-0.05, 0) is 25.7 Å². The summed E-state index contributed by atoms with van der Waals surface area (Å²) in [6.45, 7) is 2.14. The highest BCUT2D eigenvalue weighted by Crippen LogP contribution is 2.44. The zero-order chi connectivity index (χ0) is 12.0. The summed E-state index contributed by atoms with van der Waals surface area (Å²) < 4.78 is 5.34. The molecule has 0 aromatic heterocycles. The first-order chi connectivity index (χ1) is 7.58. The predicted octanol–water partition coefficient (Wildman–Crippen LogP) is 2.51. The molecule has 0 bridgehead atoms. The highest BCUT2D eigenvalue weighted by molar-refractivity contribution is 5.76. The molecule has 1 saturated carbocycles. The topological polar surface area (TPSA) is 63.6 Å². The van der Waals surface area contributed by atoms with Crippen LogP contribution in [0, 0.1) is 0 Å².